The molecule has 1 fully saturated rings. The summed E-state index contributed by atoms with van der Waals surface area (Å²) < 4.78 is 13.6. The van der Waals surface area contributed by atoms with Crippen LogP contribution in [0.3, 0.4) is 0 Å². The van der Waals surface area contributed by atoms with Gasteiger partial charge >= 0.3 is 0 Å². The average Bonchev–Trinajstić information content (AvgIpc) is 2.56. The maximum Gasteiger partial charge on any atom is 0.229 e. The van der Waals surface area contributed by atoms with Gasteiger partial charge in [-0.15, -0.1) is 0 Å². The molecule has 1 saturated heterocycles. The van der Waals surface area contributed by atoms with Gasteiger partial charge in [-0.25, -0.2) is 4.39 Å². The Morgan fingerprint density at radius 2 is 1.92 bits per heavy atom. The van der Waals surface area contributed by atoms with Crippen molar-refractivity contribution in [2.45, 2.75) is 39.0 Å². The van der Waals surface area contributed by atoms with Crippen LogP contribution in [-0.4, -0.2) is 35.7 Å². The molecule has 1 atom stereocenters. The first-order valence-electron chi connectivity index (χ1n) is 8.33. The van der Waals surface area contributed by atoms with Gasteiger partial charge in [0.25, 0.3) is 0 Å². The minimum Gasteiger partial charge on any atom is -0.354 e. The first kappa shape index (κ1) is 18.1. The summed E-state index contributed by atoms with van der Waals surface area (Å²) in [5.41, 5.74) is 0.599. The molecule has 1 N–H and O–H groups in total. The zero-order valence-corrected chi connectivity index (χ0v) is 13.9. The Hall–Kier alpha value is -2.24. The van der Waals surface area contributed by atoms with Gasteiger partial charge in [0.15, 0.2) is 0 Å². The molecule has 1 aromatic rings. The van der Waals surface area contributed by atoms with E-state index in [0.717, 1.165) is 0 Å². The Morgan fingerprint density at radius 1 is 1.25 bits per heavy atom. The minimum atomic E-state index is -0.266. The number of benzene rings is 1. The largest absolute Gasteiger partial charge is 0.354 e. The highest BCUT2D eigenvalue weighted by atomic mass is 19.1. The number of imide groups is 1. The summed E-state index contributed by atoms with van der Waals surface area (Å²) in [5, 5.41) is 2.74. The summed E-state index contributed by atoms with van der Waals surface area (Å²) in [5.74, 6) is -1.02. The maximum absolute atomic E-state index is 13.6. The highest BCUT2D eigenvalue weighted by Gasteiger charge is 2.25. The van der Waals surface area contributed by atoms with E-state index in [9.17, 15) is 18.8 Å². The molecule has 0 unspecified atom stereocenters. The quantitative estimate of drug-likeness (QED) is 0.776. The summed E-state index contributed by atoms with van der Waals surface area (Å²) >= 11 is 0. The molecule has 0 radical (unpaired) electrons. The van der Waals surface area contributed by atoms with Crippen molar-refractivity contribution in [3.05, 3.63) is 35.6 Å². The van der Waals surface area contributed by atoms with Crippen molar-refractivity contribution in [3.8, 4) is 0 Å². The van der Waals surface area contributed by atoms with E-state index in [1.54, 1.807) is 25.1 Å². The molecule has 1 aliphatic rings. The van der Waals surface area contributed by atoms with Crippen molar-refractivity contribution in [1.82, 2.24) is 10.2 Å². The molecule has 130 valence electrons. The van der Waals surface area contributed by atoms with E-state index in [0.29, 0.717) is 37.7 Å². The molecular weight excluding hydrogens is 311 g/mol. The van der Waals surface area contributed by atoms with Gasteiger partial charge < -0.3 is 5.32 Å². The van der Waals surface area contributed by atoms with Crippen LogP contribution < -0.4 is 5.32 Å². The standard InChI is InChI=1S/C18H23FN2O3/c1-13(9-10-14-5-2-3-6-15(14)19)18(24)20-11-12-21-16(22)7-4-8-17(21)23/h2-3,5-6,13H,4,7-12H2,1H3,(H,20,24)/t13-/m1/s1. The van der Waals surface area contributed by atoms with E-state index in [-0.39, 0.29) is 42.5 Å². The summed E-state index contributed by atoms with van der Waals surface area (Å²) in [7, 11) is 0. The Morgan fingerprint density at radius 3 is 2.58 bits per heavy atom. The van der Waals surface area contributed by atoms with Crippen molar-refractivity contribution in [2.24, 2.45) is 5.92 Å². The van der Waals surface area contributed by atoms with Crippen LogP contribution in [0.2, 0.25) is 0 Å². The Balaban J connectivity index is 1.72. The number of nitrogens with one attached hydrogen (secondary N) is 1. The maximum atomic E-state index is 13.6. The lowest BCUT2D eigenvalue weighted by Gasteiger charge is -2.25. The molecule has 0 saturated carbocycles. The van der Waals surface area contributed by atoms with Gasteiger partial charge in [-0.3, -0.25) is 19.3 Å². The Labute approximate surface area is 141 Å². The fourth-order valence-electron chi connectivity index (χ4n) is 2.72. The lowest BCUT2D eigenvalue weighted by Crippen LogP contribution is -2.45. The smallest absolute Gasteiger partial charge is 0.229 e. The van der Waals surface area contributed by atoms with Crippen LogP contribution in [0.15, 0.2) is 24.3 Å². The molecule has 0 aliphatic carbocycles. The molecule has 5 nitrogen and oxygen atoms in total. The average molecular weight is 334 g/mol. The minimum absolute atomic E-state index is 0.150. The third kappa shape index (κ3) is 4.88. The number of likely N-dealkylation sites (tertiary alicyclic amines) is 1. The zero-order valence-electron chi connectivity index (χ0n) is 13.9. The topological polar surface area (TPSA) is 66.5 Å². The molecule has 1 aliphatic heterocycles. The van der Waals surface area contributed by atoms with Crippen molar-refractivity contribution >= 4 is 17.7 Å². The van der Waals surface area contributed by atoms with Crippen LogP contribution in [-0.2, 0) is 20.8 Å². The number of nitrogens with zero attached hydrogens (tertiary/aromatic N) is 1. The molecule has 1 aromatic carbocycles. The lowest BCUT2D eigenvalue weighted by molar-refractivity contribution is -0.148. The van der Waals surface area contributed by atoms with Crippen molar-refractivity contribution in [2.75, 3.05) is 13.1 Å². The lowest BCUT2D eigenvalue weighted by atomic mass is 10.00. The van der Waals surface area contributed by atoms with Crippen molar-refractivity contribution < 1.29 is 18.8 Å². The number of carbonyl (C=O) groups excluding carboxylic acids is 3. The van der Waals surface area contributed by atoms with Gasteiger partial charge in [-0.1, -0.05) is 25.1 Å². The van der Waals surface area contributed by atoms with E-state index in [1.807, 2.05) is 0 Å². The first-order valence-corrected chi connectivity index (χ1v) is 8.33. The van der Waals surface area contributed by atoms with Crippen LogP contribution in [0.25, 0.3) is 0 Å². The normalized spacial score (nSPS) is 16.2. The summed E-state index contributed by atoms with van der Waals surface area (Å²) in [6.45, 7) is 2.25. The van der Waals surface area contributed by atoms with Crippen molar-refractivity contribution in [3.63, 3.8) is 0 Å². The van der Waals surface area contributed by atoms with Gasteiger partial charge in [0, 0.05) is 31.8 Å². The van der Waals surface area contributed by atoms with Gasteiger partial charge in [0.1, 0.15) is 5.82 Å². The third-order valence-corrected chi connectivity index (χ3v) is 4.27. The molecule has 6 heteroatoms. The predicted molar refractivity (Wildman–Crippen MR) is 87.5 cm³/mol. The van der Waals surface area contributed by atoms with Crippen LogP contribution in [0, 0.1) is 11.7 Å². The van der Waals surface area contributed by atoms with Gasteiger partial charge in [0.2, 0.25) is 17.7 Å². The van der Waals surface area contributed by atoms with Gasteiger partial charge in [0.05, 0.1) is 0 Å². The zero-order chi connectivity index (χ0) is 17.5. The van der Waals surface area contributed by atoms with E-state index in [1.165, 1.54) is 11.0 Å². The molecule has 0 aromatic heterocycles. The van der Waals surface area contributed by atoms with Crippen molar-refractivity contribution in [1.29, 1.82) is 0 Å². The monoisotopic (exact) mass is 334 g/mol. The Kier molecular flexibility index (Phi) is 6.46. The van der Waals surface area contributed by atoms with E-state index in [4.69, 9.17) is 0 Å². The van der Waals surface area contributed by atoms with Crippen LogP contribution in [0.1, 0.15) is 38.2 Å². The number of carbonyl (C=O) groups is 3. The highest BCUT2D eigenvalue weighted by molar-refractivity contribution is 5.97. The highest BCUT2D eigenvalue weighted by Crippen LogP contribution is 2.14. The fraction of sp³-hybridized carbons (Fsp3) is 0.500. The number of halogens is 1. The van der Waals surface area contributed by atoms with Crippen LogP contribution in [0.5, 0.6) is 0 Å². The summed E-state index contributed by atoms with van der Waals surface area (Å²) in [6, 6.07) is 6.54. The third-order valence-electron chi connectivity index (χ3n) is 4.27. The van der Waals surface area contributed by atoms with Gasteiger partial charge in [-0.05, 0) is 30.9 Å². The number of aryl methyl sites for hydroxylation is 1. The molecule has 0 bridgehead atoms. The second-order valence-corrected chi connectivity index (χ2v) is 6.11. The van der Waals surface area contributed by atoms with E-state index in [2.05, 4.69) is 5.32 Å². The first-order chi connectivity index (χ1) is 11.5. The molecular formula is C18H23FN2O3. The number of rotatable bonds is 7. The molecule has 3 amide bonds. The van der Waals surface area contributed by atoms with E-state index >= 15 is 0 Å². The van der Waals surface area contributed by atoms with Crippen LogP contribution >= 0.6 is 0 Å². The number of hydrogen-bond acceptors (Lipinski definition) is 3. The Bertz CT molecular complexity index is 602. The second kappa shape index (κ2) is 8.57. The molecule has 2 rings (SSSR count). The molecule has 1 heterocycles. The predicted octanol–water partition coefficient (Wildman–Crippen LogP) is 2.05. The molecule has 24 heavy (non-hydrogen) atoms. The van der Waals surface area contributed by atoms with Crippen LogP contribution in [0.4, 0.5) is 4.39 Å². The second-order valence-electron chi connectivity index (χ2n) is 6.11. The van der Waals surface area contributed by atoms with Gasteiger partial charge in [-0.2, -0.15) is 0 Å². The number of amides is 3. The molecule has 0 spiro atoms. The van der Waals surface area contributed by atoms with E-state index < -0.39 is 0 Å². The summed E-state index contributed by atoms with van der Waals surface area (Å²) in [4.78, 5) is 36.6. The SMILES string of the molecule is C[C@H](CCc1ccccc1F)C(=O)NCCN1C(=O)CCCC1=O. The number of piperidine rings is 1. The summed E-state index contributed by atoms with van der Waals surface area (Å²) in [6.07, 6.45) is 2.41. The number of hydrogen-bond donors (Lipinski definition) is 1. The fourth-order valence-corrected chi connectivity index (χ4v) is 2.72.